The summed E-state index contributed by atoms with van der Waals surface area (Å²) in [6.45, 7) is 0. The minimum atomic E-state index is -5.44. The van der Waals surface area contributed by atoms with Gasteiger partial charge in [-0.25, -0.2) is 4.79 Å². The molecular formula is C5F4O3. The average Bonchev–Trinajstić information content (AvgIpc) is 1.86. The van der Waals surface area contributed by atoms with Gasteiger partial charge in [-0.3, -0.25) is 9.59 Å². The highest BCUT2D eigenvalue weighted by molar-refractivity contribution is 6.24. The van der Waals surface area contributed by atoms with E-state index in [9.17, 15) is 31.9 Å². The van der Waals surface area contributed by atoms with Gasteiger partial charge in [-0.05, 0) is 0 Å². The van der Waals surface area contributed by atoms with E-state index in [0.29, 0.717) is 0 Å². The lowest BCUT2D eigenvalue weighted by molar-refractivity contribution is -0.167. The maximum Gasteiger partial charge on any atom is 0.455 e. The fraction of sp³-hybridized carbons (Fsp3) is 0.200. The van der Waals surface area contributed by atoms with E-state index >= 15 is 0 Å². The summed E-state index contributed by atoms with van der Waals surface area (Å²) in [6, 6.07) is -2.74. The predicted molar refractivity (Wildman–Crippen MR) is 26.4 cm³/mol. The highest BCUT2D eigenvalue weighted by Crippen LogP contribution is 2.19. The van der Waals surface area contributed by atoms with Crippen LogP contribution in [0, 0.1) is 0 Å². The van der Waals surface area contributed by atoms with Gasteiger partial charge in [0.25, 0.3) is 5.78 Å². The minimum Gasteiger partial charge on any atom is -0.283 e. The monoisotopic (exact) mass is 184 g/mol. The van der Waals surface area contributed by atoms with Crippen molar-refractivity contribution in [2.75, 3.05) is 0 Å². The van der Waals surface area contributed by atoms with Crippen LogP contribution in [0.4, 0.5) is 17.6 Å². The van der Waals surface area contributed by atoms with Crippen LogP contribution >= 0.6 is 0 Å². The summed E-state index contributed by atoms with van der Waals surface area (Å²) in [4.78, 5) is 29.0. The van der Waals surface area contributed by atoms with Crippen molar-refractivity contribution in [2.45, 2.75) is 6.18 Å². The number of hydrogen-bond donors (Lipinski definition) is 0. The Morgan fingerprint density at radius 3 is 1.67 bits per heavy atom. The van der Waals surface area contributed by atoms with E-state index < -0.39 is 23.6 Å². The maximum atomic E-state index is 11.5. The maximum absolute atomic E-state index is 11.5. The molecule has 0 unspecified atom stereocenters. The Labute approximate surface area is 62.7 Å². The topological polar surface area (TPSA) is 51.2 Å². The van der Waals surface area contributed by atoms with E-state index in [0.717, 1.165) is 0 Å². The summed E-state index contributed by atoms with van der Waals surface area (Å²) in [5.41, 5.74) is -2.16. The summed E-state index contributed by atoms with van der Waals surface area (Å²) in [7, 11) is 0. The number of ketones is 1. The summed E-state index contributed by atoms with van der Waals surface area (Å²) in [6.07, 6.45) is -5.44. The second-order valence-corrected chi connectivity index (χ2v) is 1.58. The van der Waals surface area contributed by atoms with Crippen molar-refractivity contribution in [1.82, 2.24) is 0 Å². The molecule has 66 valence electrons. The molecule has 0 amide bonds. The Balaban J connectivity index is 4.95. The molecule has 0 radical (unpaired) electrons. The molecule has 0 aliphatic carbocycles. The number of carbonyl (C=O) groups is 2. The molecule has 0 aromatic heterocycles. The third-order valence-electron chi connectivity index (χ3n) is 0.783. The molecule has 0 fully saturated rings. The Bertz CT molecular complexity index is 271. The highest BCUT2D eigenvalue weighted by Gasteiger charge is 2.44. The smallest absolute Gasteiger partial charge is 0.283 e. The van der Waals surface area contributed by atoms with Crippen LogP contribution in [0.5, 0.6) is 0 Å². The number of hydrogen-bond acceptors (Lipinski definition) is 3. The molecule has 0 bridgehead atoms. The highest BCUT2D eigenvalue weighted by atomic mass is 19.4. The second kappa shape index (κ2) is 3.27. The van der Waals surface area contributed by atoms with Gasteiger partial charge in [0.2, 0.25) is 0 Å². The van der Waals surface area contributed by atoms with Gasteiger partial charge in [0.05, 0.1) is 0 Å². The van der Waals surface area contributed by atoms with Crippen LogP contribution in [0.1, 0.15) is 0 Å². The molecule has 0 rings (SSSR count). The van der Waals surface area contributed by atoms with Crippen molar-refractivity contribution in [3.05, 3.63) is 5.57 Å². The van der Waals surface area contributed by atoms with Gasteiger partial charge in [0.1, 0.15) is 5.94 Å². The molecule has 0 aromatic carbocycles. The third-order valence-corrected chi connectivity index (χ3v) is 0.783. The number of Topliss-reactive ketones (excluding diaryl/α,β-unsaturated/α-hetero) is 1. The van der Waals surface area contributed by atoms with E-state index in [1.54, 1.807) is 0 Å². The van der Waals surface area contributed by atoms with Gasteiger partial charge < -0.3 is 0 Å². The van der Waals surface area contributed by atoms with Crippen molar-refractivity contribution in [2.24, 2.45) is 0 Å². The van der Waals surface area contributed by atoms with Crippen LogP contribution < -0.4 is 0 Å². The van der Waals surface area contributed by atoms with Crippen molar-refractivity contribution in [1.29, 1.82) is 0 Å². The van der Waals surface area contributed by atoms with Gasteiger partial charge in [-0.2, -0.15) is 17.6 Å². The lowest BCUT2D eigenvalue weighted by atomic mass is 10.2. The number of alkyl halides is 3. The zero-order chi connectivity index (χ0) is 9.94. The van der Waals surface area contributed by atoms with E-state index in [4.69, 9.17) is 0 Å². The molecule has 0 saturated carbocycles. The van der Waals surface area contributed by atoms with Crippen LogP contribution in [0.2, 0.25) is 0 Å². The molecule has 7 heteroatoms. The van der Waals surface area contributed by atoms with Crippen LogP contribution in [-0.2, 0) is 14.4 Å². The van der Waals surface area contributed by atoms with Gasteiger partial charge in [0.15, 0.2) is 5.57 Å². The van der Waals surface area contributed by atoms with E-state index in [2.05, 4.69) is 0 Å². The van der Waals surface area contributed by atoms with Crippen LogP contribution in [0.25, 0.3) is 0 Å². The first-order valence-electron chi connectivity index (χ1n) is 2.37. The Morgan fingerprint density at radius 2 is 1.58 bits per heavy atom. The van der Waals surface area contributed by atoms with E-state index in [1.807, 2.05) is 0 Å². The lowest BCUT2D eigenvalue weighted by Crippen LogP contribution is -2.27. The van der Waals surface area contributed by atoms with Crippen molar-refractivity contribution in [3.63, 3.8) is 0 Å². The Morgan fingerprint density at radius 1 is 1.17 bits per heavy atom. The molecule has 0 aliphatic heterocycles. The Hall–Kier alpha value is -1.49. The number of allylic oxidation sites excluding steroid dienone is 1. The number of carbonyl (C=O) groups excluding carboxylic acids is 3. The van der Waals surface area contributed by atoms with Gasteiger partial charge in [-0.15, -0.1) is 0 Å². The van der Waals surface area contributed by atoms with Crippen molar-refractivity contribution < 1.29 is 31.9 Å². The number of rotatable bonds is 2. The normalized spacial score (nSPS) is 10.3. The standard InChI is InChI=1S/C5F4O3/c6-4(12)2(1-10)3(11)5(7,8)9. The van der Waals surface area contributed by atoms with Gasteiger partial charge in [0, 0.05) is 0 Å². The fourth-order valence-corrected chi connectivity index (χ4v) is 0.317. The lowest BCUT2D eigenvalue weighted by Gasteiger charge is -2.00. The first kappa shape index (κ1) is 10.5. The first-order chi connectivity index (χ1) is 5.30. The van der Waals surface area contributed by atoms with Crippen LogP contribution in [-0.4, -0.2) is 23.9 Å². The first-order valence-corrected chi connectivity index (χ1v) is 2.37. The molecule has 12 heavy (non-hydrogen) atoms. The molecule has 0 aliphatic rings. The van der Waals surface area contributed by atoms with Crippen LogP contribution in [0.15, 0.2) is 5.57 Å². The molecule has 0 N–H and O–H groups in total. The SMILES string of the molecule is O=C=C(C(=O)F)C(=O)C(F)(F)F. The molecule has 0 heterocycles. The summed E-state index contributed by atoms with van der Waals surface area (Å²) in [5, 5.41) is 0. The van der Waals surface area contributed by atoms with E-state index in [-0.39, 0.29) is 5.94 Å². The number of halogens is 4. The third kappa shape index (κ3) is 2.28. The molecule has 0 saturated heterocycles. The van der Waals surface area contributed by atoms with Gasteiger partial charge >= 0.3 is 12.2 Å². The largest absolute Gasteiger partial charge is 0.455 e. The Kier molecular flexibility index (Phi) is 2.87. The van der Waals surface area contributed by atoms with Crippen molar-refractivity contribution >= 4 is 17.8 Å². The van der Waals surface area contributed by atoms with E-state index in [1.165, 1.54) is 0 Å². The summed E-state index contributed by atoms with van der Waals surface area (Å²) in [5.74, 6) is -2.55. The molecule has 0 spiro atoms. The predicted octanol–water partition coefficient (Wildman–Crippen LogP) is 0.372. The zero-order valence-electron chi connectivity index (χ0n) is 5.24. The van der Waals surface area contributed by atoms with Crippen molar-refractivity contribution in [3.8, 4) is 0 Å². The molecule has 0 aromatic rings. The second-order valence-electron chi connectivity index (χ2n) is 1.58. The molecular weight excluding hydrogens is 184 g/mol. The molecule has 3 nitrogen and oxygen atoms in total. The zero-order valence-corrected chi connectivity index (χ0v) is 5.24. The minimum absolute atomic E-state index is 0.280. The van der Waals surface area contributed by atoms with Crippen LogP contribution in [0.3, 0.4) is 0 Å². The summed E-state index contributed by atoms with van der Waals surface area (Å²) < 4.78 is 45.6. The average molecular weight is 184 g/mol. The fourth-order valence-electron chi connectivity index (χ4n) is 0.317. The quantitative estimate of drug-likeness (QED) is 0.155. The summed E-state index contributed by atoms with van der Waals surface area (Å²) >= 11 is 0. The molecule has 0 atom stereocenters. The van der Waals surface area contributed by atoms with Gasteiger partial charge in [-0.1, -0.05) is 0 Å².